The van der Waals surface area contributed by atoms with Crippen LogP contribution in [-0.2, 0) is 9.09 Å². The van der Waals surface area contributed by atoms with Gasteiger partial charge < -0.3 is 13.8 Å². The summed E-state index contributed by atoms with van der Waals surface area (Å²) in [7, 11) is -3.43. The van der Waals surface area contributed by atoms with Crippen LogP contribution in [-0.4, -0.2) is 24.7 Å². The fourth-order valence-electron chi connectivity index (χ4n) is 3.61. The molecule has 0 saturated carbocycles. The fourth-order valence-corrected chi connectivity index (χ4v) is 5.93. The molecular formula is C22H24ClN2O3P. The third-order valence-electron chi connectivity index (χ3n) is 5.03. The molecule has 5 nitrogen and oxygen atoms in total. The average molecular weight is 431 g/mol. The quantitative estimate of drug-likeness (QED) is 0.500. The third kappa shape index (κ3) is 4.00. The molecule has 152 valence electrons. The third-order valence-corrected chi connectivity index (χ3v) is 7.80. The SMILES string of the molecule is CCO[P@](=O)(c1ccccc1)c1nc(-c2ccccc2Cl)oc1N1CCCCC1. The van der Waals surface area contributed by atoms with Crippen LogP contribution >= 0.6 is 19.0 Å². The lowest BCUT2D eigenvalue weighted by atomic mass is 10.1. The lowest BCUT2D eigenvalue weighted by molar-refractivity contribution is 0.347. The number of aromatic nitrogens is 1. The lowest BCUT2D eigenvalue weighted by Crippen LogP contribution is -2.34. The van der Waals surface area contributed by atoms with Crippen LogP contribution in [0.15, 0.2) is 59.0 Å². The van der Waals surface area contributed by atoms with Crippen molar-refractivity contribution in [3.8, 4) is 11.5 Å². The van der Waals surface area contributed by atoms with Gasteiger partial charge in [-0.25, -0.2) is 4.98 Å². The zero-order chi connectivity index (χ0) is 20.3. The number of hydrogen-bond donors (Lipinski definition) is 0. The maximum Gasteiger partial charge on any atom is 0.284 e. The number of halogens is 1. The Morgan fingerprint density at radius 2 is 1.76 bits per heavy atom. The molecule has 1 aliphatic rings. The van der Waals surface area contributed by atoms with Crippen molar-refractivity contribution in [2.45, 2.75) is 26.2 Å². The summed E-state index contributed by atoms with van der Waals surface area (Å²) in [6.45, 7) is 3.82. The number of nitrogens with zero attached hydrogens (tertiary/aromatic N) is 2. The lowest BCUT2D eigenvalue weighted by Gasteiger charge is -2.28. The second-order valence-electron chi connectivity index (χ2n) is 6.98. The first kappa shape index (κ1) is 20.2. The highest BCUT2D eigenvalue weighted by atomic mass is 35.5. The molecule has 0 radical (unpaired) electrons. The Morgan fingerprint density at radius 3 is 2.45 bits per heavy atom. The van der Waals surface area contributed by atoms with Crippen LogP contribution in [0, 0.1) is 0 Å². The summed E-state index contributed by atoms with van der Waals surface area (Å²) >= 11 is 6.38. The molecule has 7 heteroatoms. The minimum Gasteiger partial charge on any atom is -0.420 e. The molecule has 1 saturated heterocycles. The highest BCUT2D eigenvalue weighted by Gasteiger charge is 2.38. The molecular weight excluding hydrogens is 407 g/mol. The standard InChI is InChI=1S/C22H24ClN2O3P/c1-2-27-29(26,17-11-5-3-6-12-17)21-22(25-15-9-4-10-16-25)28-20(24-21)18-13-7-8-14-19(18)23/h3,5-8,11-14H,2,4,9-10,15-16H2,1H3/t29-/m1/s1. The van der Waals surface area contributed by atoms with Gasteiger partial charge in [0.1, 0.15) is 0 Å². The zero-order valence-electron chi connectivity index (χ0n) is 16.4. The number of oxazole rings is 1. The van der Waals surface area contributed by atoms with E-state index in [9.17, 15) is 4.57 Å². The van der Waals surface area contributed by atoms with E-state index in [-0.39, 0.29) is 0 Å². The van der Waals surface area contributed by atoms with Crippen molar-refractivity contribution < 1.29 is 13.5 Å². The molecule has 0 aliphatic carbocycles. The van der Waals surface area contributed by atoms with E-state index in [1.54, 1.807) is 6.07 Å². The van der Waals surface area contributed by atoms with E-state index in [0.29, 0.717) is 39.7 Å². The molecule has 2 heterocycles. The van der Waals surface area contributed by atoms with Crippen LogP contribution in [0.3, 0.4) is 0 Å². The van der Waals surface area contributed by atoms with Gasteiger partial charge in [0.15, 0.2) is 5.44 Å². The minimum absolute atomic E-state index is 0.305. The molecule has 1 aromatic heterocycles. The first-order chi connectivity index (χ1) is 14.1. The maximum atomic E-state index is 14.2. The largest absolute Gasteiger partial charge is 0.420 e. The molecule has 2 aromatic carbocycles. The van der Waals surface area contributed by atoms with E-state index in [0.717, 1.165) is 25.9 Å². The molecule has 1 aliphatic heterocycles. The molecule has 0 amide bonds. The first-order valence-electron chi connectivity index (χ1n) is 9.95. The van der Waals surface area contributed by atoms with Crippen molar-refractivity contribution in [2.24, 2.45) is 0 Å². The van der Waals surface area contributed by atoms with Crippen LogP contribution in [0.25, 0.3) is 11.5 Å². The monoisotopic (exact) mass is 430 g/mol. The fraction of sp³-hybridized carbons (Fsp3) is 0.318. The topological polar surface area (TPSA) is 55.6 Å². The van der Waals surface area contributed by atoms with Crippen LogP contribution < -0.4 is 15.6 Å². The van der Waals surface area contributed by atoms with E-state index in [4.69, 9.17) is 25.5 Å². The van der Waals surface area contributed by atoms with Gasteiger partial charge in [-0.3, -0.25) is 4.57 Å². The van der Waals surface area contributed by atoms with Crippen LogP contribution in [0.1, 0.15) is 26.2 Å². The van der Waals surface area contributed by atoms with Crippen LogP contribution in [0.4, 0.5) is 5.88 Å². The van der Waals surface area contributed by atoms with Crippen molar-refractivity contribution in [3.63, 3.8) is 0 Å². The molecule has 29 heavy (non-hydrogen) atoms. The number of piperidine rings is 1. The predicted molar refractivity (Wildman–Crippen MR) is 118 cm³/mol. The molecule has 4 rings (SSSR count). The van der Waals surface area contributed by atoms with E-state index in [1.165, 1.54) is 6.42 Å². The second kappa shape index (κ2) is 8.74. The molecule has 3 aromatic rings. The van der Waals surface area contributed by atoms with E-state index >= 15 is 0 Å². The highest BCUT2D eigenvalue weighted by Crippen LogP contribution is 2.48. The van der Waals surface area contributed by atoms with Gasteiger partial charge in [-0.2, -0.15) is 0 Å². The summed E-state index contributed by atoms with van der Waals surface area (Å²) in [4.78, 5) is 6.83. The summed E-state index contributed by atoms with van der Waals surface area (Å²) in [6, 6.07) is 16.6. The molecule has 0 spiro atoms. The van der Waals surface area contributed by atoms with Gasteiger partial charge in [-0.1, -0.05) is 41.9 Å². The van der Waals surface area contributed by atoms with Gasteiger partial charge in [-0.05, 0) is 50.5 Å². The van der Waals surface area contributed by atoms with E-state index in [1.807, 2.05) is 55.5 Å². The minimum atomic E-state index is -3.43. The van der Waals surface area contributed by atoms with Gasteiger partial charge in [0.2, 0.25) is 11.8 Å². The van der Waals surface area contributed by atoms with Gasteiger partial charge >= 0.3 is 0 Å². The Bertz CT molecular complexity index is 1020. The van der Waals surface area contributed by atoms with Crippen molar-refractivity contribution in [1.29, 1.82) is 0 Å². The average Bonchev–Trinajstić information content (AvgIpc) is 3.21. The predicted octanol–water partition coefficient (Wildman–Crippen LogP) is 5.25. The van der Waals surface area contributed by atoms with E-state index in [2.05, 4.69) is 4.90 Å². The van der Waals surface area contributed by atoms with Crippen molar-refractivity contribution >= 4 is 35.6 Å². The Balaban J connectivity index is 1.90. The summed E-state index contributed by atoms with van der Waals surface area (Å²) in [5.74, 6) is 0.891. The number of benzene rings is 2. The number of hydrogen-bond acceptors (Lipinski definition) is 5. The zero-order valence-corrected chi connectivity index (χ0v) is 18.0. The summed E-state index contributed by atoms with van der Waals surface area (Å²) < 4.78 is 26.3. The molecule has 0 N–H and O–H groups in total. The van der Waals surface area contributed by atoms with Crippen molar-refractivity contribution in [3.05, 3.63) is 59.6 Å². The Hall–Kier alpha value is -2.07. The number of anilines is 1. The Labute approximate surface area is 176 Å². The summed E-state index contributed by atoms with van der Waals surface area (Å²) in [6.07, 6.45) is 3.30. The number of rotatable bonds is 6. The highest BCUT2D eigenvalue weighted by molar-refractivity contribution is 7.74. The van der Waals surface area contributed by atoms with Gasteiger partial charge in [0.25, 0.3) is 7.37 Å². The summed E-state index contributed by atoms with van der Waals surface area (Å²) in [5, 5.41) is 1.15. The smallest absolute Gasteiger partial charge is 0.284 e. The second-order valence-corrected chi connectivity index (χ2v) is 9.69. The Kier molecular flexibility index (Phi) is 6.09. The first-order valence-corrected chi connectivity index (χ1v) is 11.9. The molecule has 0 bridgehead atoms. The van der Waals surface area contributed by atoms with Gasteiger partial charge in [0.05, 0.1) is 17.2 Å². The van der Waals surface area contributed by atoms with Crippen LogP contribution in [0.5, 0.6) is 0 Å². The van der Waals surface area contributed by atoms with Crippen molar-refractivity contribution in [1.82, 2.24) is 4.98 Å². The van der Waals surface area contributed by atoms with Crippen molar-refractivity contribution in [2.75, 3.05) is 24.6 Å². The normalized spacial score (nSPS) is 16.6. The maximum absolute atomic E-state index is 14.2. The Morgan fingerprint density at radius 1 is 1.07 bits per heavy atom. The summed E-state index contributed by atoms with van der Waals surface area (Å²) in [5.41, 5.74) is 1.04. The van der Waals surface area contributed by atoms with E-state index < -0.39 is 7.37 Å². The molecule has 0 unspecified atom stereocenters. The van der Waals surface area contributed by atoms with Gasteiger partial charge in [0, 0.05) is 18.4 Å². The van der Waals surface area contributed by atoms with Crippen LogP contribution in [0.2, 0.25) is 5.02 Å². The van der Waals surface area contributed by atoms with Gasteiger partial charge in [-0.15, -0.1) is 0 Å². The molecule has 1 fully saturated rings. The molecule has 1 atom stereocenters.